The number of hydrogen-bond acceptors (Lipinski definition) is 2. The maximum Gasteiger partial charge on any atom is 0.251 e. The number of amides is 1. The summed E-state index contributed by atoms with van der Waals surface area (Å²) in [7, 11) is 0. The van der Waals surface area contributed by atoms with Gasteiger partial charge in [-0.3, -0.25) is 4.79 Å². The van der Waals surface area contributed by atoms with Gasteiger partial charge in [0.15, 0.2) is 0 Å². The molecule has 3 nitrogen and oxygen atoms in total. The smallest absolute Gasteiger partial charge is 0.251 e. The Balaban J connectivity index is 0.00000180. The van der Waals surface area contributed by atoms with Crippen molar-refractivity contribution in [1.29, 1.82) is 0 Å². The van der Waals surface area contributed by atoms with E-state index in [0.29, 0.717) is 0 Å². The van der Waals surface area contributed by atoms with Crippen LogP contribution < -0.4 is 10.6 Å². The molecule has 2 rings (SSSR count). The Bertz CT molecular complexity index is 386. The number of piperidine rings is 1. The van der Waals surface area contributed by atoms with Gasteiger partial charge in [0.2, 0.25) is 0 Å². The first kappa shape index (κ1) is 16.0. The van der Waals surface area contributed by atoms with Gasteiger partial charge in [-0.25, -0.2) is 0 Å². The number of halogens is 1. The van der Waals surface area contributed by atoms with Gasteiger partial charge < -0.3 is 10.6 Å². The van der Waals surface area contributed by atoms with Crippen molar-refractivity contribution in [2.24, 2.45) is 0 Å². The molecule has 2 N–H and O–H groups in total. The topological polar surface area (TPSA) is 41.1 Å². The van der Waals surface area contributed by atoms with Crippen molar-refractivity contribution in [3.8, 4) is 0 Å². The summed E-state index contributed by atoms with van der Waals surface area (Å²) in [6, 6.07) is 8.24. The summed E-state index contributed by atoms with van der Waals surface area (Å²) in [6.45, 7) is 4.12. The Morgan fingerprint density at radius 3 is 2.68 bits per heavy atom. The molecule has 0 radical (unpaired) electrons. The average molecular weight is 283 g/mol. The third-order valence-corrected chi connectivity index (χ3v) is 3.39. The molecule has 1 aliphatic heterocycles. The Morgan fingerprint density at radius 1 is 1.37 bits per heavy atom. The Labute approximate surface area is 121 Å². The van der Waals surface area contributed by atoms with Crippen LogP contribution in [0.2, 0.25) is 0 Å². The summed E-state index contributed by atoms with van der Waals surface area (Å²) >= 11 is 0. The first-order valence-corrected chi connectivity index (χ1v) is 6.90. The predicted molar refractivity (Wildman–Crippen MR) is 81.0 cm³/mol. The molecular weight excluding hydrogens is 260 g/mol. The van der Waals surface area contributed by atoms with Gasteiger partial charge in [0.25, 0.3) is 5.91 Å². The number of hydrogen-bond donors (Lipinski definition) is 2. The SMILES string of the molecule is CCCc1ccc(C(=O)NC2CCCNC2)cc1.Cl. The number of rotatable bonds is 4. The van der Waals surface area contributed by atoms with E-state index in [-0.39, 0.29) is 24.4 Å². The first-order valence-electron chi connectivity index (χ1n) is 6.90. The number of benzene rings is 1. The molecule has 1 atom stereocenters. The van der Waals surface area contributed by atoms with Gasteiger partial charge in [-0.2, -0.15) is 0 Å². The Morgan fingerprint density at radius 2 is 2.11 bits per heavy atom. The minimum Gasteiger partial charge on any atom is -0.348 e. The van der Waals surface area contributed by atoms with Crippen LogP contribution in [0.4, 0.5) is 0 Å². The summed E-state index contributed by atoms with van der Waals surface area (Å²) in [5.41, 5.74) is 2.06. The molecule has 19 heavy (non-hydrogen) atoms. The van der Waals surface area contributed by atoms with Crippen LogP contribution in [0, 0.1) is 0 Å². The fourth-order valence-corrected chi connectivity index (χ4v) is 2.36. The van der Waals surface area contributed by atoms with Crippen molar-refractivity contribution >= 4 is 18.3 Å². The predicted octanol–water partition coefficient (Wildman–Crippen LogP) is 2.54. The molecule has 1 aliphatic rings. The van der Waals surface area contributed by atoms with E-state index in [4.69, 9.17) is 0 Å². The van der Waals surface area contributed by atoms with Gasteiger partial charge in [-0.05, 0) is 43.5 Å². The number of nitrogens with one attached hydrogen (secondary N) is 2. The Hall–Kier alpha value is -1.06. The van der Waals surface area contributed by atoms with Gasteiger partial charge in [-0.1, -0.05) is 25.5 Å². The third-order valence-electron chi connectivity index (χ3n) is 3.39. The quantitative estimate of drug-likeness (QED) is 0.891. The molecule has 1 aromatic carbocycles. The molecule has 1 heterocycles. The largest absolute Gasteiger partial charge is 0.348 e. The van der Waals surface area contributed by atoms with Crippen LogP contribution in [-0.4, -0.2) is 25.0 Å². The Kier molecular flexibility index (Phi) is 6.89. The molecule has 106 valence electrons. The van der Waals surface area contributed by atoms with E-state index in [1.54, 1.807) is 0 Å². The average Bonchev–Trinajstić information content (AvgIpc) is 2.41. The highest BCUT2D eigenvalue weighted by molar-refractivity contribution is 5.94. The van der Waals surface area contributed by atoms with Crippen LogP contribution in [0.1, 0.15) is 42.1 Å². The van der Waals surface area contributed by atoms with Crippen molar-refractivity contribution in [3.05, 3.63) is 35.4 Å². The van der Waals surface area contributed by atoms with Gasteiger partial charge >= 0.3 is 0 Å². The van der Waals surface area contributed by atoms with Crippen LogP contribution in [-0.2, 0) is 6.42 Å². The van der Waals surface area contributed by atoms with Crippen LogP contribution in [0.3, 0.4) is 0 Å². The lowest BCUT2D eigenvalue weighted by atomic mass is 10.1. The molecule has 0 aliphatic carbocycles. The maximum absolute atomic E-state index is 12.0. The summed E-state index contributed by atoms with van der Waals surface area (Å²) < 4.78 is 0. The highest BCUT2D eigenvalue weighted by Gasteiger charge is 2.15. The highest BCUT2D eigenvalue weighted by Crippen LogP contribution is 2.08. The molecule has 1 fully saturated rings. The highest BCUT2D eigenvalue weighted by atomic mass is 35.5. The van der Waals surface area contributed by atoms with Crippen LogP contribution in [0.15, 0.2) is 24.3 Å². The van der Waals surface area contributed by atoms with Crippen molar-refractivity contribution in [2.45, 2.75) is 38.6 Å². The second kappa shape index (κ2) is 8.18. The van der Waals surface area contributed by atoms with Gasteiger partial charge in [-0.15, -0.1) is 12.4 Å². The van der Waals surface area contributed by atoms with E-state index in [0.717, 1.165) is 44.3 Å². The van der Waals surface area contributed by atoms with Gasteiger partial charge in [0.1, 0.15) is 0 Å². The van der Waals surface area contributed by atoms with Crippen LogP contribution >= 0.6 is 12.4 Å². The van der Waals surface area contributed by atoms with E-state index in [2.05, 4.69) is 29.7 Å². The standard InChI is InChI=1S/C15H22N2O.ClH/c1-2-4-12-6-8-13(9-7-12)15(18)17-14-5-3-10-16-11-14;/h6-9,14,16H,2-5,10-11H2,1H3,(H,17,18);1H. The van der Waals surface area contributed by atoms with E-state index >= 15 is 0 Å². The van der Waals surface area contributed by atoms with Crippen molar-refractivity contribution in [1.82, 2.24) is 10.6 Å². The van der Waals surface area contributed by atoms with Gasteiger partial charge in [0.05, 0.1) is 0 Å². The molecule has 4 heteroatoms. The van der Waals surface area contributed by atoms with Crippen molar-refractivity contribution in [2.75, 3.05) is 13.1 Å². The number of carbonyl (C=O) groups is 1. The molecule has 0 spiro atoms. The van der Waals surface area contributed by atoms with Crippen molar-refractivity contribution < 1.29 is 4.79 Å². The minimum atomic E-state index is 0. The zero-order valence-electron chi connectivity index (χ0n) is 11.4. The van der Waals surface area contributed by atoms with E-state index in [9.17, 15) is 4.79 Å². The monoisotopic (exact) mass is 282 g/mol. The summed E-state index contributed by atoms with van der Waals surface area (Å²) in [6.07, 6.45) is 4.43. The normalized spacial score (nSPS) is 18.5. The first-order chi connectivity index (χ1) is 8.79. The molecule has 0 bridgehead atoms. The lowest BCUT2D eigenvalue weighted by molar-refractivity contribution is 0.0930. The lowest BCUT2D eigenvalue weighted by Crippen LogP contribution is -2.45. The van der Waals surface area contributed by atoms with Crippen molar-refractivity contribution in [3.63, 3.8) is 0 Å². The fourth-order valence-electron chi connectivity index (χ4n) is 2.36. The van der Waals surface area contributed by atoms with Crippen LogP contribution in [0.25, 0.3) is 0 Å². The number of carbonyl (C=O) groups excluding carboxylic acids is 1. The van der Waals surface area contributed by atoms with Crippen LogP contribution in [0.5, 0.6) is 0 Å². The molecular formula is C15H23ClN2O. The molecule has 1 saturated heterocycles. The second-order valence-electron chi connectivity index (χ2n) is 4.96. The minimum absolute atomic E-state index is 0. The summed E-state index contributed by atoms with van der Waals surface area (Å²) in [4.78, 5) is 12.0. The molecule has 0 saturated carbocycles. The third kappa shape index (κ3) is 4.84. The van der Waals surface area contributed by atoms with E-state index in [1.165, 1.54) is 5.56 Å². The van der Waals surface area contributed by atoms with Gasteiger partial charge in [0, 0.05) is 18.2 Å². The van der Waals surface area contributed by atoms with E-state index < -0.39 is 0 Å². The summed E-state index contributed by atoms with van der Waals surface area (Å²) in [5, 5.41) is 6.39. The molecule has 1 aromatic rings. The molecule has 0 aromatic heterocycles. The zero-order chi connectivity index (χ0) is 12.8. The molecule has 1 amide bonds. The number of aryl methyl sites for hydroxylation is 1. The summed E-state index contributed by atoms with van der Waals surface area (Å²) in [5.74, 6) is 0.0479. The lowest BCUT2D eigenvalue weighted by Gasteiger charge is -2.23. The van der Waals surface area contributed by atoms with E-state index in [1.807, 2.05) is 12.1 Å². The fraction of sp³-hybridized carbons (Fsp3) is 0.533. The second-order valence-corrected chi connectivity index (χ2v) is 4.96. The maximum atomic E-state index is 12.0. The zero-order valence-corrected chi connectivity index (χ0v) is 12.3. The molecule has 1 unspecified atom stereocenters.